The summed E-state index contributed by atoms with van der Waals surface area (Å²) in [5.74, 6) is 1.11. The normalized spacial score (nSPS) is 10.4. The van der Waals surface area contributed by atoms with E-state index in [9.17, 15) is 0 Å². The molecule has 0 radical (unpaired) electrons. The van der Waals surface area contributed by atoms with Crippen molar-refractivity contribution in [2.45, 2.75) is 5.09 Å². The van der Waals surface area contributed by atoms with E-state index >= 15 is 0 Å². The molecule has 0 aliphatic carbocycles. The Kier molecular flexibility index (Phi) is 1.83. The first-order valence-corrected chi connectivity index (χ1v) is 4.50. The lowest BCUT2D eigenvalue weighted by molar-refractivity contribution is 0.485. The van der Waals surface area contributed by atoms with Gasteiger partial charge in [-0.2, -0.15) is 5.21 Å². The van der Waals surface area contributed by atoms with Crippen LogP contribution >= 0.6 is 11.8 Å². The maximum Gasteiger partial charge on any atom is 0.239 e. The van der Waals surface area contributed by atoms with Gasteiger partial charge >= 0.3 is 0 Å². The molecule has 0 saturated heterocycles. The average molecular weight is 182 g/mol. The van der Waals surface area contributed by atoms with Gasteiger partial charge in [0.05, 0.1) is 0 Å². The van der Waals surface area contributed by atoms with Gasteiger partial charge in [0.2, 0.25) is 5.82 Å². The second kappa shape index (κ2) is 2.98. The summed E-state index contributed by atoms with van der Waals surface area (Å²) in [6.07, 6.45) is 1.94. The van der Waals surface area contributed by atoms with Gasteiger partial charge in [0.25, 0.3) is 0 Å². The molecule has 0 fully saturated rings. The Morgan fingerprint density at radius 2 is 2.42 bits per heavy atom. The molecule has 0 aromatic carbocycles. The molecular formula is C6H6N4OS. The number of aromatic amines is 1. The topological polar surface area (TPSA) is 67.6 Å². The van der Waals surface area contributed by atoms with Crippen LogP contribution in [0.1, 0.15) is 0 Å². The molecule has 0 atom stereocenters. The molecule has 0 saturated carbocycles. The van der Waals surface area contributed by atoms with Crippen LogP contribution in [0.5, 0.6) is 0 Å². The van der Waals surface area contributed by atoms with Gasteiger partial charge in [0, 0.05) is 0 Å². The number of nitrogens with zero attached hydrogens (tertiary/aromatic N) is 3. The van der Waals surface area contributed by atoms with Crippen LogP contribution < -0.4 is 0 Å². The molecule has 0 bridgehead atoms. The molecule has 0 aliphatic heterocycles. The number of aromatic nitrogens is 4. The van der Waals surface area contributed by atoms with E-state index in [0.29, 0.717) is 11.6 Å². The Balaban J connectivity index is 2.35. The third-order valence-corrected chi connectivity index (χ3v) is 1.97. The number of H-pyrrole nitrogens is 1. The van der Waals surface area contributed by atoms with Crippen molar-refractivity contribution in [3.05, 3.63) is 12.1 Å². The molecule has 0 amide bonds. The summed E-state index contributed by atoms with van der Waals surface area (Å²) in [6.45, 7) is 0. The summed E-state index contributed by atoms with van der Waals surface area (Å²) in [6, 6.07) is 3.69. The van der Waals surface area contributed by atoms with E-state index in [0.717, 1.165) is 5.09 Å². The van der Waals surface area contributed by atoms with Gasteiger partial charge in [-0.1, -0.05) is 11.8 Å². The van der Waals surface area contributed by atoms with E-state index in [4.69, 9.17) is 4.42 Å². The van der Waals surface area contributed by atoms with E-state index in [1.54, 1.807) is 0 Å². The highest BCUT2D eigenvalue weighted by Crippen LogP contribution is 2.23. The Morgan fingerprint density at radius 1 is 1.50 bits per heavy atom. The molecule has 6 heteroatoms. The Morgan fingerprint density at radius 3 is 3.00 bits per heavy atom. The first-order valence-electron chi connectivity index (χ1n) is 3.28. The molecule has 0 spiro atoms. The SMILES string of the molecule is CSc1ccc(-c2nn[nH]n2)o1. The molecule has 2 rings (SSSR count). The highest BCUT2D eigenvalue weighted by Gasteiger charge is 2.07. The second-order valence-corrected chi connectivity index (χ2v) is 2.87. The van der Waals surface area contributed by atoms with Crippen LogP contribution in [0.25, 0.3) is 11.6 Å². The molecule has 12 heavy (non-hydrogen) atoms. The van der Waals surface area contributed by atoms with Gasteiger partial charge in [-0.15, -0.1) is 10.2 Å². The Labute approximate surface area is 72.5 Å². The van der Waals surface area contributed by atoms with E-state index in [1.807, 2.05) is 18.4 Å². The second-order valence-electron chi connectivity index (χ2n) is 2.06. The van der Waals surface area contributed by atoms with Crippen LogP contribution in [0, 0.1) is 0 Å². The molecule has 62 valence electrons. The number of furan rings is 1. The maximum atomic E-state index is 5.36. The van der Waals surface area contributed by atoms with Crippen LogP contribution in [-0.2, 0) is 0 Å². The van der Waals surface area contributed by atoms with Crippen molar-refractivity contribution >= 4 is 11.8 Å². The van der Waals surface area contributed by atoms with Crippen molar-refractivity contribution < 1.29 is 4.42 Å². The van der Waals surface area contributed by atoms with Crippen LogP contribution in [0.4, 0.5) is 0 Å². The molecule has 0 unspecified atom stereocenters. The van der Waals surface area contributed by atoms with Crippen molar-refractivity contribution in [3.63, 3.8) is 0 Å². The summed E-state index contributed by atoms with van der Waals surface area (Å²) < 4.78 is 5.36. The predicted molar refractivity (Wildman–Crippen MR) is 43.7 cm³/mol. The number of hydrogen-bond donors (Lipinski definition) is 1. The average Bonchev–Trinajstić information content (AvgIpc) is 2.75. The van der Waals surface area contributed by atoms with Crippen molar-refractivity contribution in [1.82, 2.24) is 20.6 Å². The number of rotatable bonds is 2. The Hall–Kier alpha value is -1.30. The molecule has 2 heterocycles. The lowest BCUT2D eigenvalue weighted by atomic mass is 10.4. The number of thioether (sulfide) groups is 1. The largest absolute Gasteiger partial charge is 0.446 e. The van der Waals surface area contributed by atoms with Crippen molar-refractivity contribution in [3.8, 4) is 11.6 Å². The standard InChI is InChI=1S/C6H6N4OS/c1-12-5-3-2-4(11-5)6-7-9-10-8-6/h2-3H,1H3,(H,7,8,9,10). The van der Waals surface area contributed by atoms with Gasteiger partial charge < -0.3 is 4.42 Å². The first-order chi connectivity index (χ1) is 5.90. The number of hydrogen-bond acceptors (Lipinski definition) is 5. The van der Waals surface area contributed by atoms with E-state index < -0.39 is 0 Å². The fourth-order valence-corrected chi connectivity index (χ4v) is 1.19. The minimum atomic E-state index is 0.482. The first kappa shape index (κ1) is 7.35. The van der Waals surface area contributed by atoms with E-state index in [1.165, 1.54) is 11.8 Å². The van der Waals surface area contributed by atoms with E-state index in [2.05, 4.69) is 20.6 Å². The number of tetrazole rings is 1. The van der Waals surface area contributed by atoms with Gasteiger partial charge in [-0.3, -0.25) is 0 Å². The van der Waals surface area contributed by atoms with E-state index in [-0.39, 0.29) is 0 Å². The zero-order chi connectivity index (χ0) is 8.39. The van der Waals surface area contributed by atoms with Gasteiger partial charge in [-0.05, 0) is 23.6 Å². The quantitative estimate of drug-likeness (QED) is 0.706. The molecule has 5 nitrogen and oxygen atoms in total. The fourth-order valence-electron chi connectivity index (χ4n) is 0.816. The zero-order valence-electron chi connectivity index (χ0n) is 6.31. The fraction of sp³-hybridized carbons (Fsp3) is 0.167. The monoisotopic (exact) mass is 182 g/mol. The predicted octanol–water partition coefficient (Wildman–Crippen LogP) is 1.18. The summed E-state index contributed by atoms with van der Waals surface area (Å²) in [4.78, 5) is 0. The molecular weight excluding hydrogens is 176 g/mol. The van der Waals surface area contributed by atoms with Crippen molar-refractivity contribution in [2.24, 2.45) is 0 Å². The van der Waals surface area contributed by atoms with Gasteiger partial charge in [-0.25, -0.2) is 0 Å². The van der Waals surface area contributed by atoms with Gasteiger partial charge in [0.15, 0.2) is 10.9 Å². The highest BCUT2D eigenvalue weighted by atomic mass is 32.2. The zero-order valence-corrected chi connectivity index (χ0v) is 7.13. The molecule has 0 aliphatic rings. The minimum Gasteiger partial charge on any atom is -0.446 e. The number of nitrogens with one attached hydrogen (secondary N) is 1. The Bertz CT molecular complexity index is 355. The summed E-state index contributed by atoms with van der Waals surface area (Å²) in [5.41, 5.74) is 0. The summed E-state index contributed by atoms with van der Waals surface area (Å²) in [7, 11) is 0. The van der Waals surface area contributed by atoms with Gasteiger partial charge in [0.1, 0.15) is 0 Å². The lowest BCUT2D eigenvalue weighted by Crippen LogP contribution is -1.75. The van der Waals surface area contributed by atoms with Crippen LogP contribution in [0.2, 0.25) is 0 Å². The van der Waals surface area contributed by atoms with Crippen LogP contribution in [0.15, 0.2) is 21.6 Å². The lowest BCUT2D eigenvalue weighted by Gasteiger charge is -1.86. The van der Waals surface area contributed by atoms with Crippen LogP contribution in [-0.4, -0.2) is 26.9 Å². The summed E-state index contributed by atoms with van der Waals surface area (Å²) in [5, 5.41) is 14.2. The van der Waals surface area contributed by atoms with Crippen molar-refractivity contribution in [1.29, 1.82) is 0 Å². The maximum absolute atomic E-state index is 5.36. The molecule has 1 N–H and O–H groups in total. The van der Waals surface area contributed by atoms with Crippen molar-refractivity contribution in [2.75, 3.05) is 6.26 Å². The molecule has 2 aromatic rings. The van der Waals surface area contributed by atoms with Crippen LogP contribution in [0.3, 0.4) is 0 Å². The minimum absolute atomic E-state index is 0.482. The smallest absolute Gasteiger partial charge is 0.239 e. The molecule has 2 aromatic heterocycles. The summed E-state index contributed by atoms with van der Waals surface area (Å²) >= 11 is 1.53. The third-order valence-electron chi connectivity index (χ3n) is 1.35. The highest BCUT2D eigenvalue weighted by molar-refractivity contribution is 7.98. The third kappa shape index (κ3) is 1.20.